The fourth-order valence-corrected chi connectivity index (χ4v) is 27.5. The molecule has 0 saturated heterocycles. The third-order valence-electron chi connectivity index (χ3n) is 21.2. The number of fused-ring (bicyclic) bond motifs is 11. The SMILES string of the molecule is Cc1ccc([Si]2(c3ccc(C)cc3)c3ccccc3-c3cc4c(cc32)N(c2cccc3c(N5c6ccccc6N(c6cc(C)cc(C)c6)c6cc7c(cc65)[Si](c5ccc(C)cc5)(c5ccc(C)cc5)c5ccccc5-7)cccc23)c2ccccc2N4c2cc(C)cc(C)c2)cc1. The summed E-state index contributed by atoms with van der Waals surface area (Å²) in [6.45, 7) is 17.8. The van der Waals surface area contributed by atoms with Crippen LogP contribution in [-0.4, -0.2) is 16.1 Å². The fraction of sp³-hybridized carbons (Fsp3) is 0.0889. The molecule has 6 heteroatoms. The van der Waals surface area contributed by atoms with Crippen molar-refractivity contribution in [2.45, 2.75) is 55.4 Å². The highest BCUT2D eigenvalue weighted by atomic mass is 28.3. The van der Waals surface area contributed by atoms with Crippen molar-refractivity contribution in [2.75, 3.05) is 19.6 Å². The smallest absolute Gasteiger partial charge is 0.180 e. The van der Waals surface area contributed by atoms with Gasteiger partial charge in [-0.3, -0.25) is 0 Å². The predicted octanol–water partition coefficient (Wildman–Crippen LogP) is 18.5. The van der Waals surface area contributed by atoms with E-state index in [1.165, 1.54) is 108 Å². The van der Waals surface area contributed by atoms with E-state index in [0.29, 0.717) is 0 Å². The average Bonchev–Trinajstić information content (AvgIpc) is 1.49. The largest absolute Gasteiger partial charge is 0.306 e. The van der Waals surface area contributed by atoms with Crippen LogP contribution in [0.1, 0.15) is 44.5 Å². The van der Waals surface area contributed by atoms with E-state index in [9.17, 15) is 0 Å². The van der Waals surface area contributed by atoms with Crippen LogP contribution in [0.5, 0.6) is 0 Å². The second kappa shape index (κ2) is 21.8. The van der Waals surface area contributed by atoms with E-state index < -0.39 is 16.1 Å². The zero-order chi connectivity index (χ0) is 64.9. The summed E-state index contributed by atoms with van der Waals surface area (Å²) >= 11 is 0. The lowest BCUT2D eigenvalue weighted by atomic mass is 9.96. The highest BCUT2D eigenvalue weighted by Gasteiger charge is 2.52. The van der Waals surface area contributed by atoms with Gasteiger partial charge in [-0.05, 0) is 226 Å². The van der Waals surface area contributed by atoms with Crippen molar-refractivity contribution in [3.8, 4) is 22.3 Å². The number of nitrogens with zero attached hydrogens (tertiary/aromatic N) is 4. The molecule has 0 atom stereocenters. The van der Waals surface area contributed by atoms with Gasteiger partial charge < -0.3 is 19.6 Å². The normalized spacial score (nSPS) is 14.1. The predicted molar refractivity (Wildman–Crippen MR) is 413 cm³/mol. The third kappa shape index (κ3) is 8.44. The van der Waals surface area contributed by atoms with Crippen molar-refractivity contribution in [1.82, 2.24) is 0 Å². The summed E-state index contributed by atoms with van der Waals surface area (Å²) in [5.41, 5.74) is 28.8. The number of hydrogen-bond donors (Lipinski definition) is 0. The fourth-order valence-electron chi connectivity index (χ4n) is 17.2. The molecule has 0 saturated carbocycles. The maximum absolute atomic E-state index is 3.00. The first-order valence-electron chi connectivity index (χ1n) is 33.8. The van der Waals surface area contributed by atoms with Gasteiger partial charge in [-0.2, -0.15) is 0 Å². The number of rotatable bonds is 8. The van der Waals surface area contributed by atoms with Crippen molar-refractivity contribution in [3.63, 3.8) is 0 Å². The van der Waals surface area contributed by atoms with Gasteiger partial charge in [0, 0.05) is 22.1 Å². The summed E-state index contributed by atoms with van der Waals surface area (Å²) in [5.74, 6) is 0. The van der Waals surface area contributed by atoms with E-state index in [2.05, 4.69) is 366 Å². The molecule has 460 valence electrons. The minimum absolute atomic E-state index is 1.12. The maximum atomic E-state index is 2.64. The topological polar surface area (TPSA) is 13.0 Å². The Labute approximate surface area is 565 Å². The molecule has 0 bridgehead atoms. The molecule has 0 aliphatic carbocycles. The minimum atomic E-state index is -3.00. The summed E-state index contributed by atoms with van der Waals surface area (Å²) in [5, 5.41) is 13.5. The Kier molecular flexibility index (Phi) is 13.1. The maximum Gasteiger partial charge on any atom is 0.180 e. The molecule has 0 unspecified atom stereocenters. The molecule has 0 spiro atoms. The quantitative estimate of drug-likeness (QED) is 0.141. The molecule has 4 aliphatic heterocycles. The van der Waals surface area contributed by atoms with Crippen LogP contribution in [0.4, 0.5) is 68.2 Å². The lowest BCUT2D eigenvalue weighted by Gasteiger charge is -2.43. The van der Waals surface area contributed by atoms with Gasteiger partial charge in [-0.1, -0.05) is 229 Å². The van der Waals surface area contributed by atoms with E-state index in [-0.39, 0.29) is 0 Å². The Balaban J connectivity index is 0.919. The number of aryl methyl sites for hydroxylation is 8. The molecule has 0 radical (unpaired) electrons. The Morgan fingerprint density at radius 3 is 0.802 bits per heavy atom. The number of benzene rings is 14. The molecule has 18 rings (SSSR count). The van der Waals surface area contributed by atoms with Gasteiger partial charge in [-0.25, -0.2) is 0 Å². The Bertz CT molecular complexity index is 5060. The summed E-state index contributed by atoms with van der Waals surface area (Å²) in [6, 6.07) is 114. The second-order valence-corrected chi connectivity index (χ2v) is 35.0. The zero-order valence-electron chi connectivity index (χ0n) is 55.5. The first kappa shape index (κ1) is 57.6. The molecule has 0 N–H and O–H groups in total. The molecule has 0 amide bonds. The Morgan fingerprint density at radius 2 is 0.469 bits per heavy atom. The van der Waals surface area contributed by atoms with Crippen LogP contribution in [0.15, 0.2) is 291 Å². The standard InChI is InChI=1S/C90H72N4Si2/c1-57-31-39-67(40-32-57)95(68-41-33-58(2)34-42-68)87-29-15-9-19-73(87)75-53-83-85(55-89(75)95)93(81-25-13-11-23-79(81)91(83)65-49-61(5)47-62(6)50-65)77-27-17-22-72-71(77)21-18-28-78(72)94-82-26-14-12-24-80(82)92(66-51-63(7)48-64(8)52-66)84-54-76-74-20-10-16-30-88(74)96(90(76)56-86(84)94,69-43-35-59(3)36-44-69)70-45-37-60(4)38-46-70/h9-56H,1-8H3. The number of anilines is 12. The number of hydrogen-bond acceptors (Lipinski definition) is 4. The first-order valence-corrected chi connectivity index (χ1v) is 37.8. The second-order valence-electron chi connectivity index (χ2n) is 27.5. The molecule has 4 heterocycles. The molecule has 4 aliphatic rings. The third-order valence-corrected chi connectivity index (χ3v) is 30.9. The van der Waals surface area contributed by atoms with Gasteiger partial charge in [-0.15, -0.1) is 0 Å². The van der Waals surface area contributed by atoms with E-state index >= 15 is 0 Å². The van der Waals surface area contributed by atoms with Crippen molar-refractivity contribution in [2.24, 2.45) is 0 Å². The van der Waals surface area contributed by atoms with Crippen LogP contribution in [-0.2, 0) is 0 Å². The van der Waals surface area contributed by atoms with E-state index in [1.807, 2.05) is 0 Å². The monoisotopic (exact) mass is 1260 g/mol. The Morgan fingerprint density at radius 1 is 0.188 bits per heavy atom. The first-order chi connectivity index (χ1) is 46.9. The van der Waals surface area contributed by atoms with Gasteiger partial charge in [0.15, 0.2) is 16.1 Å². The van der Waals surface area contributed by atoms with Crippen LogP contribution < -0.4 is 61.1 Å². The summed E-state index contributed by atoms with van der Waals surface area (Å²) < 4.78 is 0. The molecular formula is C90H72N4Si2. The van der Waals surface area contributed by atoms with Crippen molar-refractivity contribution < 1.29 is 0 Å². The van der Waals surface area contributed by atoms with Crippen LogP contribution in [0.25, 0.3) is 33.0 Å². The number of para-hydroxylation sites is 4. The van der Waals surface area contributed by atoms with Gasteiger partial charge in [0.25, 0.3) is 0 Å². The lowest BCUT2D eigenvalue weighted by Crippen LogP contribution is -2.72. The van der Waals surface area contributed by atoms with Gasteiger partial charge >= 0.3 is 0 Å². The minimum Gasteiger partial charge on any atom is -0.306 e. The molecular weight excluding hydrogens is 1190 g/mol. The molecule has 0 fully saturated rings. The van der Waals surface area contributed by atoms with E-state index in [4.69, 9.17) is 0 Å². The summed E-state index contributed by atoms with van der Waals surface area (Å²) in [7, 11) is -6.00. The van der Waals surface area contributed by atoms with Crippen molar-refractivity contribution in [1.29, 1.82) is 0 Å². The van der Waals surface area contributed by atoms with Crippen molar-refractivity contribution >= 4 is 137 Å². The molecule has 14 aromatic carbocycles. The van der Waals surface area contributed by atoms with Crippen LogP contribution in [0, 0.1) is 55.4 Å². The Hall–Kier alpha value is -11.0. The molecule has 96 heavy (non-hydrogen) atoms. The van der Waals surface area contributed by atoms with Crippen LogP contribution in [0.2, 0.25) is 0 Å². The van der Waals surface area contributed by atoms with Gasteiger partial charge in [0.1, 0.15) is 0 Å². The summed E-state index contributed by atoms with van der Waals surface area (Å²) in [6.07, 6.45) is 0. The average molecular weight is 1270 g/mol. The van der Waals surface area contributed by atoms with Gasteiger partial charge in [0.05, 0.1) is 56.9 Å². The molecule has 4 nitrogen and oxygen atoms in total. The zero-order valence-corrected chi connectivity index (χ0v) is 57.5. The van der Waals surface area contributed by atoms with E-state index in [0.717, 1.165) is 79.0 Å². The molecule has 14 aromatic rings. The molecule has 0 aromatic heterocycles. The summed E-state index contributed by atoms with van der Waals surface area (Å²) in [4.78, 5) is 10.3. The van der Waals surface area contributed by atoms with E-state index in [1.54, 1.807) is 0 Å². The highest BCUT2D eigenvalue weighted by molar-refractivity contribution is 7.23. The van der Waals surface area contributed by atoms with Gasteiger partial charge in [0.2, 0.25) is 0 Å². The van der Waals surface area contributed by atoms with Crippen molar-refractivity contribution in [3.05, 3.63) is 336 Å². The van der Waals surface area contributed by atoms with Crippen LogP contribution in [0.3, 0.4) is 0 Å². The van der Waals surface area contributed by atoms with Crippen LogP contribution >= 0.6 is 0 Å². The highest BCUT2D eigenvalue weighted by Crippen LogP contribution is 2.60. The lowest BCUT2D eigenvalue weighted by molar-refractivity contribution is 1.17.